The van der Waals surface area contributed by atoms with Crippen LogP contribution in [0.2, 0.25) is 0 Å². The first-order valence-electron chi connectivity index (χ1n) is 4.06. The van der Waals surface area contributed by atoms with E-state index in [0.29, 0.717) is 0 Å². The van der Waals surface area contributed by atoms with Crippen molar-refractivity contribution < 1.29 is 0 Å². The molecule has 0 spiro atoms. The van der Waals surface area contributed by atoms with Crippen LogP contribution >= 0.6 is 8.58 Å². The van der Waals surface area contributed by atoms with Crippen molar-refractivity contribution in [3.05, 3.63) is 0 Å². The predicted octanol–water partition coefficient (Wildman–Crippen LogP) is 3.28. The molecule has 0 bridgehead atoms. The fourth-order valence-electron chi connectivity index (χ4n) is 1.45. The summed E-state index contributed by atoms with van der Waals surface area (Å²) < 4.78 is 0. The number of hydrogen-bond donors (Lipinski definition) is 0. The molecule has 2 atom stereocenters. The Balaban J connectivity index is 2.20. The summed E-state index contributed by atoms with van der Waals surface area (Å²) in [7, 11) is 1.75. The van der Waals surface area contributed by atoms with Gasteiger partial charge in [-0.3, -0.25) is 0 Å². The Morgan fingerprint density at radius 2 is 1.56 bits per heavy atom. The van der Waals surface area contributed by atoms with Gasteiger partial charge in [0.1, 0.15) is 0 Å². The van der Waals surface area contributed by atoms with Crippen LogP contribution in [0.25, 0.3) is 0 Å². The molecule has 1 heteroatoms. The van der Waals surface area contributed by atoms with E-state index in [2.05, 4.69) is 13.8 Å². The van der Waals surface area contributed by atoms with Gasteiger partial charge in [0.05, 0.1) is 0 Å². The topological polar surface area (TPSA) is 0 Å². The number of rotatable bonds is 2. The molecule has 0 N–H and O–H groups in total. The van der Waals surface area contributed by atoms with Gasteiger partial charge in [0.15, 0.2) is 0 Å². The highest BCUT2D eigenvalue weighted by Crippen LogP contribution is 2.42. The summed E-state index contributed by atoms with van der Waals surface area (Å²) in [6.07, 6.45) is 5.79. The van der Waals surface area contributed by atoms with E-state index >= 15 is 0 Å². The maximum absolute atomic E-state index is 2.32. The highest BCUT2D eigenvalue weighted by Gasteiger charge is 2.21. The largest absolute Gasteiger partial charge is 0.0741 e. The van der Waals surface area contributed by atoms with Crippen molar-refractivity contribution in [2.75, 3.05) is 0 Å². The van der Waals surface area contributed by atoms with Gasteiger partial charge in [0.25, 0.3) is 0 Å². The molecule has 1 fully saturated rings. The van der Waals surface area contributed by atoms with Crippen LogP contribution in [0.5, 0.6) is 0 Å². The van der Waals surface area contributed by atoms with Crippen molar-refractivity contribution in [1.82, 2.24) is 0 Å². The summed E-state index contributed by atoms with van der Waals surface area (Å²) in [4.78, 5) is 0. The first-order chi connectivity index (χ1) is 4.36. The van der Waals surface area contributed by atoms with Gasteiger partial charge in [-0.2, -0.15) is 0 Å². The Morgan fingerprint density at radius 3 is 1.78 bits per heavy atom. The summed E-state index contributed by atoms with van der Waals surface area (Å²) in [5, 5.41) is 0. The second-order valence-electron chi connectivity index (χ2n) is 2.85. The minimum atomic E-state index is 1.05. The Bertz CT molecular complexity index is 70.6. The van der Waals surface area contributed by atoms with Crippen LogP contribution in [-0.4, -0.2) is 11.3 Å². The lowest BCUT2D eigenvalue weighted by atomic mass is 10.1. The van der Waals surface area contributed by atoms with E-state index in [4.69, 9.17) is 0 Å². The molecular formula is C8H16P. The highest BCUT2D eigenvalue weighted by atomic mass is 31.1. The molecule has 53 valence electrons. The van der Waals surface area contributed by atoms with Crippen molar-refractivity contribution in [3.63, 3.8) is 0 Å². The quantitative estimate of drug-likeness (QED) is 0.520. The van der Waals surface area contributed by atoms with Crippen LogP contribution in [0.1, 0.15) is 39.5 Å². The molecule has 0 aromatic carbocycles. The van der Waals surface area contributed by atoms with Gasteiger partial charge in [-0.15, -0.1) is 0 Å². The van der Waals surface area contributed by atoms with Gasteiger partial charge in [-0.05, 0) is 37.0 Å². The Morgan fingerprint density at radius 1 is 1.11 bits per heavy atom. The van der Waals surface area contributed by atoms with Gasteiger partial charge in [0, 0.05) is 0 Å². The van der Waals surface area contributed by atoms with Crippen molar-refractivity contribution in [2.24, 2.45) is 0 Å². The van der Waals surface area contributed by atoms with E-state index in [0.717, 1.165) is 11.3 Å². The van der Waals surface area contributed by atoms with E-state index in [9.17, 15) is 0 Å². The first kappa shape index (κ1) is 7.54. The van der Waals surface area contributed by atoms with Gasteiger partial charge in [0.2, 0.25) is 0 Å². The summed E-state index contributed by atoms with van der Waals surface area (Å²) in [6.45, 7) is 4.63. The van der Waals surface area contributed by atoms with Crippen LogP contribution in [0.3, 0.4) is 0 Å². The molecule has 1 radical (unpaired) electrons. The van der Waals surface area contributed by atoms with E-state index in [1.54, 1.807) is 8.58 Å². The lowest BCUT2D eigenvalue weighted by molar-refractivity contribution is 0.696. The maximum atomic E-state index is 2.32. The van der Waals surface area contributed by atoms with Gasteiger partial charge in [-0.25, -0.2) is 0 Å². The third-order valence-corrected chi connectivity index (χ3v) is 4.29. The molecule has 9 heavy (non-hydrogen) atoms. The second kappa shape index (κ2) is 3.56. The van der Waals surface area contributed by atoms with Crippen LogP contribution in [0.4, 0.5) is 0 Å². The monoisotopic (exact) mass is 143 g/mol. The second-order valence-corrected chi connectivity index (χ2v) is 4.61. The molecule has 0 nitrogen and oxygen atoms in total. The molecule has 1 heterocycles. The summed E-state index contributed by atoms with van der Waals surface area (Å²) in [5.41, 5.74) is 2.10. The average Bonchev–Trinajstić information content (AvgIpc) is 2.34. The fourth-order valence-corrected chi connectivity index (χ4v) is 3.07. The van der Waals surface area contributed by atoms with E-state index in [1.807, 2.05) is 0 Å². The van der Waals surface area contributed by atoms with Crippen LogP contribution in [0, 0.1) is 0 Å². The Labute approximate surface area is 60.2 Å². The molecule has 0 aromatic heterocycles. The molecule has 1 aliphatic rings. The fraction of sp³-hybridized carbons (Fsp3) is 1.00. The zero-order chi connectivity index (χ0) is 6.69. The van der Waals surface area contributed by atoms with Crippen LogP contribution in [-0.2, 0) is 0 Å². The minimum Gasteiger partial charge on any atom is -0.0741 e. The van der Waals surface area contributed by atoms with Crippen molar-refractivity contribution in [1.29, 1.82) is 0 Å². The van der Waals surface area contributed by atoms with Gasteiger partial charge in [-0.1, -0.05) is 22.4 Å². The van der Waals surface area contributed by atoms with E-state index < -0.39 is 0 Å². The smallest absolute Gasteiger partial charge is 0.0170 e. The SMILES string of the molecule is CCC1CCC(CC)[P]1. The van der Waals surface area contributed by atoms with Crippen molar-refractivity contribution in [3.8, 4) is 0 Å². The van der Waals surface area contributed by atoms with Crippen molar-refractivity contribution in [2.45, 2.75) is 50.8 Å². The lowest BCUT2D eigenvalue weighted by Gasteiger charge is -2.04. The maximum Gasteiger partial charge on any atom is -0.0170 e. The molecular weight excluding hydrogens is 127 g/mol. The number of hydrogen-bond acceptors (Lipinski definition) is 0. The van der Waals surface area contributed by atoms with E-state index in [-0.39, 0.29) is 0 Å². The molecule has 0 saturated carbocycles. The molecule has 0 aliphatic carbocycles. The normalized spacial score (nSPS) is 38.0. The molecule has 1 aliphatic heterocycles. The highest BCUT2D eigenvalue weighted by molar-refractivity contribution is 7.40. The standard InChI is InChI=1S/C8H16P/c1-3-7-5-6-8(4-2)9-7/h7-8H,3-6H2,1-2H3. The first-order valence-corrected chi connectivity index (χ1v) is 5.10. The zero-order valence-electron chi connectivity index (χ0n) is 6.43. The third-order valence-electron chi connectivity index (χ3n) is 2.20. The predicted molar refractivity (Wildman–Crippen MR) is 44.3 cm³/mol. The summed E-state index contributed by atoms with van der Waals surface area (Å²) in [6, 6.07) is 0. The minimum absolute atomic E-state index is 1.05. The van der Waals surface area contributed by atoms with Crippen molar-refractivity contribution >= 4 is 8.58 Å². The van der Waals surface area contributed by atoms with Gasteiger partial charge < -0.3 is 0 Å². The summed E-state index contributed by atoms with van der Waals surface area (Å²) in [5.74, 6) is 0. The zero-order valence-corrected chi connectivity index (χ0v) is 7.32. The molecule has 1 rings (SSSR count). The van der Waals surface area contributed by atoms with E-state index in [1.165, 1.54) is 25.7 Å². The van der Waals surface area contributed by atoms with Crippen LogP contribution in [0.15, 0.2) is 0 Å². The Hall–Kier alpha value is 0.430. The van der Waals surface area contributed by atoms with Gasteiger partial charge >= 0.3 is 0 Å². The summed E-state index contributed by atoms with van der Waals surface area (Å²) >= 11 is 0. The molecule has 2 unspecified atom stereocenters. The van der Waals surface area contributed by atoms with Crippen LogP contribution < -0.4 is 0 Å². The third kappa shape index (κ3) is 1.93. The Kier molecular flexibility index (Phi) is 2.98. The molecule has 0 aromatic rings. The molecule has 1 saturated heterocycles. The lowest BCUT2D eigenvalue weighted by Crippen LogP contribution is -1.90. The average molecular weight is 143 g/mol. The molecule has 0 amide bonds.